The highest BCUT2D eigenvalue weighted by molar-refractivity contribution is 8.00. The van der Waals surface area contributed by atoms with Gasteiger partial charge in [0.25, 0.3) is 0 Å². The Hall–Kier alpha value is -4.51. The standard InChI is InChI=1S/C36H41N3O7S/c1-36(2,3)46-35(45)38-17-16-28(25-11-7-10-24(18-25)23-8-5-4-6-9-23)29(21-38)34(44)39(26-12-13-26)27-14-15-31(47-22-33(42)43)30(19-27)37-20-32(40)41/h4-11,14-15,18-19,26,28-29,37H,12-13,16-17,20-22H2,1-3H3,(H,40,41)(H,42,43)/t28-,29+/m1/s1. The number of carboxylic acids is 2. The molecule has 1 aliphatic heterocycles. The molecule has 5 rings (SSSR count). The molecule has 0 radical (unpaired) electrons. The van der Waals surface area contributed by atoms with Crippen LogP contribution in [0.5, 0.6) is 0 Å². The Morgan fingerprint density at radius 1 is 0.915 bits per heavy atom. The zero-order valence-corrected chi connectivity index (χ0v) is 27.7. The molecule has 11 heteroatoms. The van der Waals surface area contributed by atoms with E-state index in [0.29, 0.717) is 29.2 Å². The van der Waals surface area contributed by atoms with E-state index < -0.39 is 29.6 Å². The Morgan fingerprint density at radius 3 is 2.30 bits per heavy atom. The smallest absolute Gasteiger partial charge is 0.410 e. The molecule has 10 nitrogen and oxygen atoms in total. The number of likely N-dealkylation sites (tertiary alicyclic amines) is 1. The van der Waals surface area contributed by atoms with Gasteiger partial charge >= 0.3 is 18.0 Å². The van der Waals surface area contributed by atoms with E-state index >= 15 is 0 Å². The van der Waals surface area contributed by atoms with Crippen molar-refractivity contribution in [3.8, 4) is 11.1 Å². The highest BCUT2D eigenvalue weighted by atomic mass is 32.2. The number of benzene rings is 3. The number of nitrogens with zero attached hydrogens (tertiary/aromatic N) is 2. The molecule has 0 spiro atoms. The predicted molar refractivity (Wildman–Crippen MR) is 182 cm³/mol. The van der Waals surface area contributed by atoms with Crippen LogP contribution >= 0.6 is 11.8 Å². The molecule has 3 aromatic carbocycles. The fraction of sp³-hybridized carbons (Fsp3) is 0.389. The van der Waals surface area contributed by atoms with Crippen molar-refractivity contribution in [2.45, 2.75) is 62.5 Å². The molecule has 2 amide bonds. The minimum atomic E-state index is -1.07. The van der Waals surface area contributed by atoms with Crippen molar-refractivity contribution >= 4 is 47.1 Å². The van der Waals surface area contributed by atoms with Gasteiger partial charge < -0.3 is 30.1 Å². The second kappa shape index (κ2) is 14.5. The molecule has 248 valence electrons. The SMILES string of the molecule is CC(C)(C)OC(=O)N1CC[C@H](c2cccc(-c3ccccc3)c2)[C@@H](C(=O)N(c2ccc(SCC(=O)O)c(NCC(=O)O)c2)C2CC2)C1. The highest BCUT2D eigenvalue weighted by Gasteiger charge is 2.44. The van der Waals surface area contributed by atoms with Crippen LogP contribution in [-0.4, -0.2) is 76.1 Å². The van der Waals surface area contributed by atoms with Crippen LogP contribution in [0.15, 0.2) is 77.7 Å². The van der Waals surface area contributed by atoms with Crippen molar-refractivity contribution in [2.75, 3.05) is 35.6 Å². The third kappa shape index (κ3) is 8.85. The van der Waals surface area contributed by atoms with Crippen molar-refractivity contribution in [3.63, 3.8) is 0 Å². The molecule has 1 heterocycles. The Kier molecular flexibility index (Phi) is 10.4. The number of amides is 2. The summed E-state index contributed by atoms with van der Waals surface area (Å²) in [5.74, 6) is -3.11. The second-order valence-electron chi connectivity index (χ2n) is 13.0. The number of aliphatic carboxylic acids is 2. The van der Waals surface area contributed by atoms with Gasteiger partial charge in [0, 0.05) is 29.7 Å². The first-order chi connectivity index (χ1) is 22.4. The zero-order chi connectivity index (χ0) is 33.7. The number of hydrogen-bond donors (Lipinski definition) is 3. The number of hydrogen-bond acceptors (Lipinski definition) is 7. The number of ether oxygens (including phenoxy) is 1. The fourth-order valence-corrected chi connectivity index (χ4v) is 6.67. The Bertz CT molecular complexity index is 1620. The molecule has 3 N–H and O–H groups in total. The maximum Gasteiger partial charge on any atom is 0.410 e. The number of carbonyl (C=O) groups is 4. The fourth-order valence-electron chi connectivity index (χ4n) is 5.94. The van der Waals surface area contributed by atoms with Crippen LogP contribution in [-0.2, 0) is 19.1 Å². The van der Waals surface area contributed by atoms with Crippen molar-refractivity contribution in [1.29, 1.82) is 0 Å². The number of thioether (sulfide) groups is 1. The average molecular weight is 660 g/mol. The van der Waals surface area contributed by atoms with Crippen LogP contribution in [0.1, 0.15) is 51.5 Å². The molecule has 2 fully saturated rings. The molecule has 2 aliphatic rings. The van der Waals surface area contributed by atoms with Gasteiger partial charge in [-0.3, -0.25) is 14.4 Å². The van der Waals surface area contributed by atoms with Gasteiger partial charge in [-0.2, -0.15) is 0 Å². The van der Waals surface area contributed by atoms with Gasteiger partial charge in [-0.25, -0.2) is 4.79 Å². The largest absolute Gasteiger partial charge is 0.481 e. The van der Waals surface area contributed by atoms with Gasteiger partial charge in [0.1, 0.15) is 12.1 Å². The van der Waals surface area contributed by atoms with Crippen molar-refractivity contribution in [1.82, 2.24) is 4.90 Å². The number of carboxylic acid groups (broad SMARTS) is 2. The average Bonchev–Trinajstić information content (AvgIpc) is 3.88. The minimum Gasteiger partial charge on any atom is -0.481 e. The molecular weight excluding hydrogens is 618 g/mol. The van der Waals surface area contributed by atoms with Gasteiger partial charge in [0.2, 0.25) is 5.91 Å². The van der Waals surface area contributed by atoms with Crippen LogP contribution in [0.25, 0.3) is 11.1 Å². The summed E-state index contributed by atoms with van der Waals surface area (Å²) in [4.78, 5) is 54.7. The van der Waals surface area contributed by atoms with E-state index in [1.807, 2.05) is 51.1 Å². The van der Waals surface area contributed by atoms with Crippen LogP contribution in [0.4, 0.5) is 16.2 Å². The molecule has 0 aromatic heterocycles. The second-order valence-corrected chi connectivity index (χ2v) is 14.0. The van der Waals surface area contributed by atoms with E-state index in [2.05, 4.69) is 29.6 Å². The quantitative estimate of drug-likeness (QED) is 0.196. The lowest BCUT2D eigenvalue weighted by atomic mass is 9.79. The van der Waals surface area contributed by atoms with E-state index in [1.54, 1.807) is 28.0 Å². The van der Waals surface area contributed by atoms with Crippen molar-refractivity contribution < 1.29 is 34.1 Å². The predicted octanol–water partition coefficient (Wildman–Crippen LogP) is 6.56. The van der Waals surface area contributed by atoms with Crippen LogP contribution in [0.3, 0.4) is 0 Å². The molecule has 47 heavy (non-hydrogen) atoms. The first-order valence-corrected chi connectivity index (χ1v) is 16.8. The molecule has 1 saturated carbocycles. The summed E-state index contributed by atoms with van der Waals surface area (Å²) in [6.07, 6.45) is 1.75. The number of piperidine rings is 1. The van der Waals surface area contributed by atoms with Crippen LogP contribution in [0, 0.1) is 5.92 Å². The maximum atomic E-state index is 14.8. The van der Waals surface area contributed by atoms with Crippen molar-refractivity contribution in [2.24, 2.45) is 5.92 Å². The van der Waals surface area contributed by atoms with E-state index in [-0.39, 0.29) is 36.7 Å². The van der Waals surface area contributed by atoms with Crippen LogP contribution in [0.2, 0.25) is 0 Å². The number of carbonyl (C=O) groups excluding carboxylic acids is 2. The summed E-state index contributed by atoms with van der Waals surface area (Å²) in [5.41, 5.74) is 3.50. The summed E-state index contributed by atoms with van der Waals surface area (Å²) < 4.78 is 5.70. The summed E-state index contributed by atoms with van der Waals surface area (Å²) in [5, 5.41) is 21.4. The third-order valence-electron chi connectivity index (χ3n) is 8.18. The lowest BCUT2D eigenvalue weighted by Crippen LogP contribution is -2.51. The summed E-state index contributed by atoms with van der Waals surface area (Å²) in [6.45, 7) is 5.72. The Labute approximate surface area is 279 Å². The van der Waals surface area contributed by atoms with Crippen LogP contribution < -0.4 is 10.2 Å². The highest BCUT2D eigenvalue weighted by Crippen LogP contribution is 2.42. The molecule has 3 aromatic rings. The van der Waals surface area contributed by atoms with E-state index in [0.717, 1.165) is 41.3 Å². The van der Waals surface area contributed by atoms with Gasteiger partial charge in [-0.05, 0) is 80.8 Å². The summed E-state index contributed by atoms with van der Waals surface area (Å²) in [6, 6.07) is 23.5. The third-order valence-corrected chi connectivity index (χ3v) is 9.23. The number of nitrogens with one attached hydrogen (secondary N) is 1. The maximum absolute atomic E-state index is 14.8. The Morgan fingerprint density at radius 2 is 1.64 bits per heavy atom. The molecule has 2 atom stereocenters. The Balaban J connectivity index is 1.51. The van der Waals surface area contributed by atoms with E-state index in [9.17, 15) is 29.4 Å². The van der Waals surface area contributed by atoms with E-state index in [1.165, 1.54) is 0 Å². The molecule has 1 saturated heterocycles. The summed E-state index contributed by atoms with van der Waals surface area (Å²) in [7, 11) is 0. The molecule has 0 bridgehead atoms. The van der Waals surface area contributed by atoms with Gasteiger partial charge in [-0.1, -0.05) is 54.6 Å². The topological polar surface area (TPSA) is 136 Å². The zero-order valence-electron chi connectivity index (χ0n) is 26.8. The first kappa shape index (κ1) is 33.8. The van der Waals surface area contributed by atoms with Crippen molar-refractivity contribution in [3.05, 3.63) is 78.4 Å². The minimum absolute atomic E-state index is 0.0412. The molecular formula is C36H41N3O7S. The van der Waals surface area contributed by atoms with Gasteiger partial charge in [-0.15, -0.1) is 11.8 Å². The van der Waals surface area contributed by atoms with Gasteiger partial charge in [0.15, 0.2) is 0 Å². The van der Waals surface area contributed by atoms with Gasteiger partial charge in [0.05, 0.1) is 17.4 Å². The molecule has 0 unspecified atom stereocenters. The lowest BCUT2D eigenvalue weighted by molar-refractivity contribution is -0.135. The number of anilines is 2. The number of rotatable bonds is 11. The van der Waals surface area contributed by atoms with E-state index in [4.69, 9.17) is 4.74 Å². The lowest BCUT2D eigenvalue weighted by Gasteiger charge is -2.40. The monoisotopic (exact) mass is 659 g/mol. The molecule has 1 aliphatic carbocycles. The first-order valence-electron chi connectivity index (χ1n) is 15.8. The normalized spacial score (nSPS) is 17.9. The summed E-state index contributed by atoms with van der Waals surface area (Å²) >= 11 is 1.08.